The van der Waals surface area contributed by atoms with Gasteiger partial charge in [-0.3, -0.25) is 9.37 Å². The lowest BCUT2D eigenvalue weighted by Crippen LogP contribution is -2.41. The normalized spacial score (nSPS) is 20.6. The summed E-state index contributed by atoms with van der Waals surface area (Å²) in [7, 11) is 0. The van der Waals surface area contributed by atoms with E-state index in [1.54, 1.807) is 12.1 Å². The Bertz CT molecular complexity index is 1390. The summed E-state index contributed by atoms with van der Waals surface area (Å²) in [5, 5.41) is 39.5. The van der Waals surface area contributed by atoms with E-state index in [-0.39, 0.29) is 57.6 Å². The molecule has 2 aliphatic heterocycles. The van der Waals surface area contributed by atoms with Crippen LogP contribution < -0.4 is 16.0 Å². The van der Waals surface area contributed by atoms with Gasteiger partial charge in [0, 0.05) is 13.0 Å². The number of amidine groups is 1. The van der Waals surface area contributed by atoms with Gasteiger partial charge in [-0.05, 0) is 43.2 Å². The lowest BCUT2D eigenvalue weighted by Gasteiger charge is -2.16. The van der Waals surface area contributed by atoms with Crippen LogP contribution in [-0.4, -0.2) is 93.6 Å². The molecule has 0 bridgehead atoms. The van der Waals surface area contributed by atoms with E-state index >= 15 is 0 Å². The lowest BCUT2D eigenvalue weighted by atomic mass is 10.0. The minimum Gasteiger partial charge on any atom is -0.480 e. The largest absolute Gasteiger partial charge is 0.480 e. The fourth-order valence-corrected chi connectivity index (χ4v) is 5.48. The van der Waals surface area contributed by atoms with E-state index in [0.29, 0.717) is 38.3 Å². The Balaban J connectivity index is 0.00000625. The number of amides is 1. The predicted octanol–water partition coefficient (Wildman–Crippen LogP) is 2.26. The number of ether oxygens (including phenoxy) is 2. The van der Waals surface area contributed by atoms with Gasteiger partial charge in [-0.25, -0.2) is 19.9 Å². The first-order valence-corrected chi connectivity index (χ1v) is 16.2. The highest BCUT2D eigenvalue weighted by Crippen LogP contribution is 2.16. The zero-order valence-corrected chi connectivity index (χ0v) is 28.2. The summed E-state index contributed by atoms with van der Waals surface area (Å²) in [4.78, 5) is 40.8. The lowest BCUT2D eigenvalue weighted by molar-refractivity contribution is -0.539. The molecular formula is C34H48N5O8S+. The zero-order chi connectivity index (χ0) is 33.6. The summed E-state index contributed by atoms with van der Waals surface area (Å²) < 4.78 is 12.6. The fraction of sp³-hybridized carbons (Fsp3) is 0.500. The van der Waals surface area contributed by atoms with Crippen LogP contribution in [-0.2, 0) is 32.3 Å². The highest BCUT2D eigenvalue weighted by Gasteiger charge is 2.41. The third-order valence-electron chi connectivity index (χ3n) is 8.22. The third-order valence-corrected chi connectivity index (χ3v) is 8.22. The maximum atomic E-state index is 12.4. The molecule has 0 radical (unpaired) electrons. The second-order valence-corrected chi connectivity index (χ2v) is 12.0. The van der Waals surface area contributed by atoms with Crippen LogP contribution in [0.5, 0.6) is 0 Å². The number of hydrogen-bond donors (Lipinski definition) is 6. The molecule has 0 saturated carbocycles. The van der Waals surface area contributed by atoms with Gasteiger partial charge in [0.25, 0.3) is 11.8 Å². The molecule has 6 N–H and O–H groups in total. The van der Waals surface area contributed by atoms with Crippen LogP contribution in [0.15, 0.2) is 65.7 Å². The van der Waals surface area contributed by atoms with Crippen molar-refractivity contribution in [1.29, 1.82) is 0 Å². The molecule has 0 aromatic heterocycles. The quantitative estimate of drug-likeness (QED) is 0.0871. The number of esters is 1. The van der Waals surface area contributed by atoms with Crippen LogP contribution in [0.3, 0.4) is 0 Å². The Morgan fingerprint density at radius 3 is 2.23 bits per heavy atom. The number of carboxylic acids is 1. The van der Waals surface area contributed by atoms with Crippen molar-refractivity contribution in [3.63, 3.8) is 0 Å². The average Bonchev–Trinajstić information content (AvgIpc) is 3.43. The standard InChI is InChI=1S/C34H45N5O8.H2S/c1-23(32(44)46-21-24-12-4-2-5-13-24)11-8-9-18-39-20-29(41)28(40)19-27-30(39)38-33(36-27)35-17-10-16-26(31(42)43)37-34(45)47-22-25-14-6-3-7-15-25;/h2-7,12-15,23,26-29,40-41H,8-11,16-22H2,1H3,(H3,35,36,37,42,43,45);1H2/p+1/t23-,26-,27-,28-,29+;/m0./s1. The monoisotopic (exact) mass is 686 g/mol. The van der Waals surface area contributed by atoms with Crippen LogP contribution >= 0.6 is 13.5 Å². The second-order valence-electron chi connectivity index (χ2n) is 12.0. The van der Waals surface area contributed by atoms with Crippen molar-refractivity contribution in [2.45, 2.75) is 83.0 Å². The number of nitrogens with zero attached hydrogens (tertiary/aromatic N) is 2. The molecule has 0 unspecified atom stereocenters. The van der Waals surface area contributed by atoms with Gasteiger partial charge in [0.05, 0.1) is 18.6 Å². The van der Waals surface area contributed by atoms with Crippen LogP contribution in [0, 0.1) is 5.92 Å². The van der Waals surface area contributed by atoms with Gasteiger partial charge in [0.15, 0.2) is 0 Å². The minimum absolute atomic E-state index is 0. The first-order valence-electron chi connectivity index (χ1n) is 16.2. The van der Waals surface area contributed by atoms with Crippen molar-refractivity contribution in [2.24, 2.45) is 10.9 Å². The topological polar surface area (TPSA) is 182 Å². The van der Waals surface area contributed by atoms with Gasteiger partial charge in [-0.15, -0.1) is 0 Å². The Morgan fingerprint density at radius 1 is 0.938 bits per heavy atom. The number of unbranched alkanes of at least 4 members (excludes halogenated alkanes) is 1. The number of guanidine groups is 1. The van der Waals surface area contributed by atoms with Crippen LogP contribution in [0.2, 0.25) is 0 Å². The molecule has 0 spiro atoms. The van der Waals surface area contributed by atoms with Crippen LogP contribution in [0.1, 0.15) is 56.6 Å². The predicted molar refractivity (Wildman–Crippen MR) is 184 cm³/mol. The van der Waals surface area contributed by atoms with Gasteiger partial charge >= 0.3 is 18.0 Å². The van der Waals surface area contributed by atoms with Crippen molar-refractivity contribution < 1.29 is 43.8 Å². The summed E-state index contributed by atoms with van der Waals surface area (Å²) in [5.74, 6) is -0.327. The number of alkyl carbamates (subject to hydrolysis) is 1. The maximum Gasteiger partial charge on any atom is 0.408 e. The molecule has 1 fully saturated rings. The molecule has 5 atom stereocenters. The number of aliphatic hydroxyl groups excluding tert-OH is 2. The van der Waals surface area contributed by atoms with Crippen molar-refractivity contribution in [3.05, 3.63) is 71.8 Å². The van der Waals surface area contributed by atoms with Crippen molar-refractivity contribution in [2.75, 3.05) is 19.6 Å². The molecule has 1 amide bonds. The Labute approximate surface area is 287 Å². The van der Waals surface area contributed by atoms with E-state index in [1.165, 1.54) is 0 Å². The van der Waals surface area contributed by atoms with Gasteiger partial charge in [-0.1, -0.05) is 67.6 Å². The number of carbonyl (C=O) groups excluding carboxylic acids is 2. The molecule has 2 aromatic rings. The molecule has 14 heteroatoms. The van der Waals surface area contributed by atoms with Gasteiger partial charge < -0.3 is 35.4 Å². The van der Waals surface area contributed by atoms with Crippen molar-refractivity contribution >= 4 is 43.3 Å². The smallest absolute Gasteiger partial charge is 0.408 e. The third kappa shape index (κ3) is 12.1. The van der Waals surface area contributed by atoms with E-state index in [0.717, 1.165) is 29.8 Å². The molecule has 48 heavy (non-hydrogen) atoms. The maximum absolute atomic E-state index is 12.4. The van der Waals surface area contributed by atoms with E-state index in [9.17, 15) is 29.7 Å². The van der Waals surface area contributed by atoms with E-state index in [2.05, 4.69) is 20.9 Å². The number of β-amino-alcohol motifs (C(OH)–C–C–N with tert-alkyl or cyclic N) is 1. The summed E-state index contributed by atoms with van der Waals surface area (Å²) in [6.07, 6.45) is 0.409. The second kappa shape index (κ2) is 19.6. The fourth-order valence-electron chi connectivity index (χ4n) is 5.48. The number of aliphatic hydroxyl groups is 2. The molecule has 262 valence electrons. The van der Waals surface area contributed by atoms with E-state index < -0.39 is 30.3 Å². The Kier molecular flexibility index (Phi) is 15.7. The first-order chi connectivity index (χ1) is 22.7. The number of nitrogens with one attached hydrogen (secondary N) is 3. The summed E-state index contributed by atoms with van der Waals surface area (Å²) in [5.41, 5.74) is 1.74. The van der Waals surface area contributed by atoms with E-state index in [1.807, 2.05) is 60.0 Å². The summed E-state index contributed by atoms with van der Waals surface area (Å²) >= 11 is 0. The Morgan fingerprint density at radius 2 is 1.58 bits per heavy atom. The number of fused-ring (bicyclic) bond motifs is 1. The first kappa shape index (κ1) is 38.3. The number of aliphatic carboxylic acids is 1. The van der Waals surface area contributed by atoms with E-state index in [4.69, 9.17) is 9.47 Å². The van der Waals surface area contributed by atoms with Gasteiger partial charge in [0.2, 0.25) is 0 Å². The molecule has 2 heterocycles. The number of carbonyl (C=O) groups is 3. The molecule has 13 nitrogen and oxygen atoms in total. The number of benzene rings is 2. The summed E-state index contributed by atoms with van der Waals surface area (Å²) in [6, 6.07) is 17.3. The average molecular weight is 687 g/mol. The molecular weight excluding hydrogens is 638 g/mol. The van der Waals surface area contributed by atoms with Gasteiger partial charge in [0.1, 0.15) is 37.9 Å². The SMILES string of the molecule is C[C@@H](CCCC[N+]1=C2NC(=NCCC[C@H](NC(=O)OCc3ccccc3)C(=O)O)N[C@H]2C[C@H](O)[C@H](O)C1)C(=O)OCc1ccccc1.S. The number of hydrogen-bond acceptors (Lipinski definition) is 8. The van der Waals surface area contributed by atoms with Crippen molar-refractivity contribution in [1.82, 2.24) is 16.0 Å². The number of carboxylic acid groups (broad SMARTS) is 1. The molecule has 0 aliphatic carbocycles. The molecule has 2 aliphatic rings. The summed E-state index contributed by atoms with van der Waals surface area (Å²) in [6.45, 7) is 3.30. The number of rotatable bonds is 16. The molecule has 1 saturated heterocycles. The highest BCUT2D eigenvalue weighted by molar-refractivity contribution is 7.59. The number of aliphatic imine (C=N–C) groups is 1. The zero-order valence-electron chi connectivity index (χ0n) is 27.2. The molecule has 2 aromatic carbocycles. The minimum atomic E-state index is -1.16. The molecule has 4 rings (SSSR count). The van der Waals surface area contributed by atoms with Gasteiger partial charge in [-0.2, -0.15) is 13.5 Å². The Hall–Kier alpha value is -4.14. The van der Waals surface area contributed by atoms with Crippen LogP contribution in [0.4, 0.5) is 4.79 Å². The van der Waals surface area contributed by atoms with Crippen molar-refractivity contribution in [3.8, 4) is 0 Å². The highest BCUT2D eigenvalue weighted by atomic mass is 32.1. The van der Waals surface area contributed by atoms with Crippen LogP contribution in [0.25, 0.3) is 0 Å².